The Labute approximate surface area is 99.1 Å². The molecule has 16 heavy (non-hydrogen) atoms. The largest absolute Gasteiger partial charge is 0.373 e. The van der Waals surface area contributed by atoms with E-state index in [-0.39, 0.29) is 0 Å². The molecule has 89 valence electrons. The fourth-order valence-electron chi connectivity index (χ4n) is 1.72. The van der Waals surface area contributed by atoms with E-state index in [9.17, 15) is 0 Å². The van der Waals surface area contributed by atoms with Crippen LogP contribution in [0.1, 0.15) is 20.3 Å². The van der Waals surface area contributed by atoms with E-state index in [1.54, 1.807) is 6.20 Å². The summed E-state index contributed by atoms with van der Waals surface area (Å²) in [5, 5.41) is 0. The minimum atomic E-state index is 1.05. The van der Waals surface area contributed by atoms with Crippen molar-refractivity contribution in [3.63, 3.8) is 0 Å². The number of hydrogen-bond acceptors (Lipinski definition) is 3. The van der Waals surface area contributed by atoms with E-state index in [0.29, 0.717) is 0 Å². The molecule has 0 unspecified atom stereocenters. The Morgan fingerprint density at radius 3 is 2.56 bits per heavy atom. The van der Waals surface area contributed by atoms with Gasteiger partial charge in [-0.25, -0.2) is 0 Å². The third-order valence-corrected chi connectivity index (χ3v) is 2.87. The van der Waals surface area contributed by atoms with Crippen molar-refractivity contribution < 1.29 is 0 Å². The fraction of sp³-hybridized carbons (Fsp3) is 0.615. The van der Waals surface area contributed by atoms with Gasteiger partial charge in [-0.1, -0.05) is 13.8 Å². The minimum Gasteiger partial charge on any atom is -0.373 e. The van der Waals surface area contributed by atoms with Crippen LogP contribution < -0.4 is 4.90 Å². The van der Waals surface area contributed by atoms with Gasteiger partial charge in [0.2, 0.25) is 0 Å². The number of hydrogen-bond donors (Lipinski definition) is 0. The maximum Gasteiger partial charge on any atom is 0.114 e. The van der Waals surface area contributed by atoms with Crippen LogP contribution in [0, 0.1) is 6.20 Å². The van der Waals surface area contributed by atoms with Gasteiger partial charge in [0.05, 0.1) is 5.69 Å². The van der Waals surface area contributed by atoms with Gasteiger partial charge < -0.3 is 9.80 Å². The third-order valence-electron chi connectivity index (χ3n) is 2.87. The average Bonchev–Trinajstić information content (AvgIpc) is 2.35. The summed E-state index contributed by atoms with van der Waals surface area (Å²) in [4.78, 5) is 8.65. The molecule has 1 aromatic rings. The standard InChI is InChI=1S/C13H22N3/c1-4-16(5-2)11-7-10-15(3)13-8-6-9-14-12-13/h6,8-9H,4-5,7,10-11H2,1-3H3. The molecule has 1 heterocycles. The van der Waals surface area contributed by atoms with Gasteiger partial charge in [0.15, 0.2) is 0 Å². The van der Waals surface area contributed by atoms with Gasteiger partial charge in [0, 0.05) is 19.8 Å². The molecular weight excluding hydrogens is 198 g/mol. The maximum atomic E-state index is 4.00. The van der Waals surface area contributed by atoms with Gasteiger partial charge in [0.1, 0.15) is 6.20 Å². The Kier molecular flexibility index (Phi) is 5.86. The van der Waals surface area contributed by atoms with Gasteiger partial charge >= 0.3 is 0 Å². The Balaban J connectivity index is 2.28. The number of aromatic nitrogens is 1. The summed E-state index contributed by atoms with van der Waals surface area (Å²) in [5.41, 5.74) is 1.07. The monoisotopic (exact) mass is 220 g/mol. The third kappa shape index (κ3) is 4.19. The first-order valence-corrected chi connectivity index (χ1v) is 6.04. The molecule has 0 aromatic carbocycles. The van der Waals surface area contributed by atoms with Crippen LogP contribution in [0.3, 0.4) is 0 Å². The summed E-state index contributed by atoms with van der Waals surface area (Å²) in [7, 11) is 2.09. The highest BCUT2D eigenvalue weighted by Gasteiger charge is 2.02. The van der Waals surface area contributed by atoms with Gasteiger partial charge in [-0.3, -0.25) is 4.98 Å². The van der Waals surface area contributed by atoms with E-state index >= 15 is 0 Å². The smallest absolute Gasteiger partial charge is 0.114 e. The van der Waals surface area contributed by atoms with Gasteiger partial charge in [-0.15, -0.1) is 0 Å². The molecule has 0 fully saturated rings. The topological polar surface area (TPSA) is 19.4 Å². The lowest BCUT2D eigenvalue weighted by Crippen LogP contribution is -2.28. The molecule has 1 radical (unpaired) electrons. The zero-order valence-electron chi connectivity index (χ0n) is 10.6. The van der Waals surface area contributed by atoms with E-state index in [0.717, 1.165) is 31.9 Å². The highest BCUT2D eigenvalue weighted by Crippen LogP contribution is 2.08. The number of nitrogens with zero attached hydrogens (tertiary/aromatic N) is 3. The Morgan fingerprint density at radius 2 is 2.00 bits per heavy atom. The molecule has 0 spiro atoms. The van der Waals surface area contributed by atoms with E-state index in [2.05, 4.69) is 41.9 Å². The highest BCUT2D eigenvalue weighted by atomic mass is 15.1. The lowest BCUT2D eigenvalue weighted by molar-refractivity contribution is 0.301. The van der Waals surface area contributed by atoms with E-state index in [4.69, 9.17) is 0 Å². The Morgan fingerprint density at radius 1 is 1.25 bits per heavy atom. The van der Waals surface area contributed by atoms with Crippen LogP contribution in [0.25, 0.3) is 0 Å². The number of rotatable bonds is 7. The highest BCUT2D eigenvalue weighted by molar-refractivity contribution is 5.41. The SMILES string of the molecule is CCN(CC)CCCN(C)c1[c]nccc1. The van der Waals surface area contributed by atoms with Crippen molar-refractivity contribution in [3.8, 4) is 0 Å². The normalized spacial score (nSPS) is 10.8. The van der Waals surface area contributed by atoms with Crippen molar-refractivity contribution in [2.24, 2.45) is 0 Å². The van der Waals surface area contributed by atoms with Crippen LogP contribution in [0.5, 0.6) is 0 Å². The summed E-state index contributed by atoms with van der Waals surface area (Å²) >= 11 is 0. The van der Waals surface area contributed by atoms with Crippen LogP contribution in [0.4, 0.5) is 5.69 Å². The van der Waals surface area contributed by atoms with Gasteiger partial charge in [-0.2, -0.15) is 0 Å². The molecule has 0 saturated carbocycles. The molecule has 1 rings (SSSR count). The van der Waals surface area contributed by atoms with Gasteiger partial charge in [-0.05, 0) is 38.2 Å². The molecule has 3 nitrogen and oxygen atoms in total. The second-order valence-electron chi connectivity index (χ2n) is 3.94. The number of anilines is 1. The van der Waals surface area contributed by atoms with Crippen molar-refractivity contribution in [3.05, 3.63) is 24.5 Å². The summed E-state index contributed by atoms with van der Waals surface area (Å²) in [6.45, 7) is 8.92. The molecule has 1 aromatic heterocycles. The minimum absolute atomic E-state index is 1.05. The fourth-order valence-corrected chi connectivity index (χ4v) is 1.72. The second kappa shape index (κ2) is 7.23. The zero-order chi connectivity index (χ0) is 11.8. The lowest BCUT2D eigenvalue weighted by atomic mass is 10.3. The first kappa shape index (κ1) is 13.0. The predicted molar refractivity (Wildman–Crippen MR) is 68.7 cm³/mol. The second-order valence-corrected chi connectivity index (χ2v) is 3.94. The average molecular weight is 220 g/mol. The van der Waals surface area contributed by atoms with E-state index in [1.807, 2.05) is 12.1 Å². The van der Waals surface area contributed by atoms with Crippen LogP contribution in [0.15, 0.2) is 18.3 Å². The predicted octanol–water partition coefficient (Wildman–Crippen LogP) is 2.05. The zero-order valence-corrected chi connectivity index (χ0v) is 10.6. The molecule has 0 aliphatic rings. The van der Waals surface area contributed by atoms with Crippen LogP contribution in [0.2, 0.25) is 0 Å². The first-order chi connectivity index (χ1) is 7.77. The van der Waals surface area contributed by atoms with Crippen molar-refractivity contribution in [2.75, 3.05) is 38.1 Å². The van der Waals surface area contributed by atoms with Gasteiger partial charge in [0.25, 0.3) is 0 Å². The van der Waals surface area contributed by atoms with Crippen LogP contribution in [-0.2, 0) is 0 Å². The summed E-state index contributed by atoms with van der Waals surface area (Å²) in [6.07, 6.45) is 5.94. The molecule has 0 aliphatic carbocycles. The lowest BCUT2D eigenvalue weighted by Gasteiger charge is -2.22. The van der Waals surface area contributed by atoms with Crippen molar-refractivity contribution in [1.82, 2.24) is 9.88 Å². The molecule has 0 aliphatic heterocycles. The maximum absolute atomic E-state index is 4.00. The summed E-state index contributed by atoms with van der Waals surface area (Å²) < 4.78 is 0. The van der Waals surface area contributed by atoms with Crippen molar-refractivity contribution in [2.45, 2.75) is 20.3 Å². The molecule has 0 N–H and O–H groups in total. The Bertz CT molecular complexity index is 270. The van der Waals surface area contributed by atoms with Crippen LogP contribution in [-0.4, -0.2) is 43.1 Å². The number of pyridine rings is 1. The quantitative estimate of drug-likeness (QED) is 0.701. The Hall–Kier alpha value is -1.09. The molecule has 0 bridgehead atoms. The van der Waals surface area contributed by atoms with Crippen LogP contribution >= 0.6 is 0 Å². The molecule has 3 heteroatoms. The first-order valence-electron chi connectivity index (χ1n) is 6.04. The van der Waals surface area contributed by atoms with E-state index in [1.165, 1.54) is 6.42 Å². The molecule has 0 saturated heterocycles. The summed E-state index contributed by atoms with van der Waals surface area (Å²) in [6, 6.07) is 4.00. The summed E-state index contributed by atoms with van der Waals surface area (Å²) in [5.74, 6) is 0. The molecule has 0 amide bonds. The molecular formula is C13H22N3. The van der Waals surface area contributed by atoms with Crippen molar-refractivity contribution >= 4 is 5.69 Å². The van der Waals surface area contributed by atoms with Crippen molar-refractivity contribution in [1.29, 1.82) is 0 Å². The van der Waals surface area contributed by atoms with E-state index < -0.39 is 0 Å². The molecule has 0 atom stereocenters.